The van der Waals surface area contributed by atoms with Crippen LogP contribution < -0.4 is 4.74 Å². The van der Waals surface area contributed by atoms with Gasteiger partial charge in [-0.05, 0) is 79.5 Å². The summed E-state index contributed by atoms with van der Waals surface area (Å²) in [7, 11) is -4.45. The Bertz CT molecular complexity index is 1060. The quantitative estimate of drug-likeness (QED) is 0.337. The molecule has 0 unspecified atom stereocenters. The van der Waals surface area contributed by atoms with Crippen molar-refractivity contribution in [3.8, 4) is 5.75 Å². The van der Waals surface area contributed by atoms with Crippen molar-refractivity contribution in [2.24, 2.45) is 0 Å². The van der Waals surface area contributed by atoms with Crippen LogP contribution in [0.4, 0.5) is 0 Å². The molecule has 0 atom stereocenters. The van der Waals surface area contributed by atoms with Crippen molar-refractivity contribution in [3.05, 3.63) is 95.1 Å². The number of benzene rings is 3. The van der Waals surface area contributed by atoms with E-state index in [1.807, 2.05) is 37.3 Å². The lowest BCUT2D eigenvalue weighted by atomic mass is 10.00. The van der Waals surface area contributed by atoms with Crippen molar-refractivity contribution in [3.63, 3.8) is 0 Å². The molecule has 3 aromatic rings. The lowest BCUT2D eigenvalue weighted by Crippen LogP contribution is -2.04. The lowest BCUT2D eigenvalue weighted by molar-refractivity contribution is 0.304. The van der Waals surface area contributed by atoms with E-state index >= 15 is 0 Å². The van der Waals surface area contributed by atoms with Crippen LogP contribution in [0.25, 0.3) is 0 Å². The third-order valence-corrected chi connectivity index (χ3v) is 6.04. The maximum Gasteiger partial charge on any atom is 0.124 e. The van der Waals surface area contributed by atoms with E-state index in [-0.39, 0.29) is 4.90 Å². The van der Waals surface area contributed by atoms with Crippen LogP contribution in [0.3, 0.4) is 0 Å². The fourth-order valence-corrected chi connectivity index (χ4v) is 3.97. The molecule has 0 aliphatic rings. The second kappa shape index (κ2) is 10.4. The Morgan fingerprint density at radius 3 is 2.27 bits per heavy atom. The molecule has 0 saturated carbocycles. The van der Waals surface area contributed by atoms with Crippen LogP contribution in [-0.4, -0.2) is 19.6 Å². The number of hydrogen-bond acceptors (Lipinski definition) is 4. The SMILES string of the molecule is Cc1ccc(S(=O)(=O)[O-])cc1CCc1ccccc1OCCCCc1ccccc1. The predicted octanol–water partition coefficient (Wildman–Crippen LogP) is 5.09. The summed E-state index contributed by atoms with van der Waals surface area (Å²) in [5, 5.41) is 0. The molecule has 3 rings (SSSR count). The topological polar surface area (TPSA) is 66.4 Å². The number of hydrogen-bond donors (Lipinski definition) is 0. The Balaban J connectivity index is 1.55. The molecule has 0 aliphatic carbocycles. The van der Waals surface area contributed by atoms with Crippen LogP contribution in [0.15, 0.2) is 77.7 Å². The van der Waals surface area contributed by atoms with Crippen molar-refractivity contribution in [2.75, 3.05) is 6.61 Å². The Morgan fingerprint density at radius 2 is 1.50 bits per heavy atom. The van der Waals surface area contributed by atoms with Crippen molar-refractivity contribution < 1.29 is 17.7 Å². The first-order valence-corrected chi connectivity index (χ1v) is 11.6. The minimum atomic E-state index is -4.45. The molecule has 4 nitrogen and oxygen atoms in total. The van der Waals surface area contributed by atoms with E-state index in [0.717, 1.165) is 41.7 Å². The third kappa shape index (κ3) is 6.44. The molecule has 3 aromatic carbocycles. The molecule has 0 N–H and O–H groups in total. The van der Waals surface area contributed by atoms with E-state index in [4.69, 9.17) is 4.74 Å². The van der Waals surface area contributed by atoms with E-state index in [0.29, 0.717) is 19.4 Å². The van der Waals surface area contributed by atoms with Crippen LogP contribution in [0.5, 0.6) is 5.75 Å². The summed E-state index contributed by atoms with van der Waals surface area (Å²) in [6.45, 7) is 2.58. The van der Waals surface area contributed by atoms with Gasteiger partial charge in [-0.3, -0.25) is 0 Å². The van der Waals surface area contributed by atoms with Gasteiger partial charge in [0.1, 0.15) is 15.9 Å². The van der Waals surface area contributed by atoms with Crippen LogP contribution in [0, 0.1) is 6.92 Å². The smallest absolute Gasteiger partial charge is 0.124 e. The first-order valence-electron chi connectivity index (χ1n) is 10.2. The van der Waals surface area contributed by atoms with E-state index in [1.165, 1.54) is 17.7 Å². The normalized spacial score (nSPS) is 11.4. The Kier molecular flexibility index (Phi) is 7.66. The van der Waals surface area contributed by atoms with Gasteiger partial charge in [-0.25, -0.2) is 8.42 Å². The summed E-state index contributed by atoms with van der Waals surface area (Å²) in [5.41, 5.74) is 4.26. The average molecular weight is 424 g/mol. The highest BCUT2D eigenvalue weighted by Gasteiger charge is 2.08. The summed E-state index contributed by atoms with van der Waals surface area (Å²) in [6.07, 6.45) is 4.45. The monoisotopic (exact) mass is 423 g/mol. The number of aryl methyl sites for hydroxylation is 4. The van der Waals surface area contributed by atoms with Gasteiger partial charge in [0.25, 0.3) is 0 Å². The third-order valence-electron chi connectivity index (χ3n) is 5.21. The fraction of sp³-hybridized carbons (Fsp3) is 0.280. The molecule has 0 heterocycles. The number of rotatable bonds is 10. The summed E-state index contributed by atoms with van der Waals surface area (Å²) in [6, 6.07) is 22.9. The maximum absolute atomic E-state index is 11.3. The molecular formula is C25H27O4S-. The van der Waals surface area contributed by atoms with Gasteiger partial charge < -0.3 is 9.29 Å². The summed E-state index contributed by atoms with van der Waals surface area (Å²) < 4.78 is 40.0. The largest absolute Gasteiger partial charge is 0.744 e. The van der Waals surface area contributed by atoms with Crippen molar-refractivity contribution in [1.29, 1.82) is 0 Å². The minimum Gasteiger partial charge on any atom is -0.744 e. The number of ether oxygens (including phenoxy) is 1. The molecule has 30 heavy (non-hydrogen) atoms. The molecule has 0 radical (unpaired) electrons. The van der Waals surface area contributed by atoms with Crippen molar-refractivity contribution >= 4 is 10.1 Å². The first-order chi connectivity index (χ1) is 14.4. The van der Waals surface area contributed by atoms with E-state index in [1.54, 1.807) is 6.07 Å². The van der Waals surface area contributed by atoms with Gasteiger partial charge in [-0.15, -0.1) is 0 Å². The van der Waals surface area contributed by atoms with Crippen LogP contribution in [0.2, 0.25) is 0 Å². The predicted molar refractivity (Wildman–Crippen MR) is 118 cm³/mol. The maximum atomic E-state index is 11.3. The minimum absolute atomic E-state index is 0.175. The van der Waals surface area contributed by atoms with Crippen molar-refractivity contribution in [2.45, 2.75) is 43.9 Å². The van der Waals surface area contributed by atoms with Gasteiger partial charge in [-0.2, -0.15) is 0 Å². The lowest BCUT2D eigenvalue weighted by Gasteiger charge is -2.14. The number of para-hydroxylation sites is 1. The van der Waals surface area contributed by atoms with E-state index in [9.17, 15) is 13.0 Å². The molecular weight excluding hydrogens is 396 g/mol. The Morgan fingerprint density at radius 1 is 0.800 bits per heavy atom. The molecule has 0 amide bonds. The van der Waals surface area contributed by atoms with Gasteiger partial charge in [0.15, 0.2) is 0 Å². The van der Waals surface area contributed by atoms with Crippen LogP contribution >= 0.6 is 0 Å². The molecule has 0 bridgehead atoms. The molecule has 5 heteroatoms. The highest BCUT2D eigenvalue weighted by molar-refractivity contribution is 7.85. The van der Waals surface area contributed by atoms with E-state index in [2.05, 4.69) is 24.3 Å². The second-order valence-corrected chi connectivity index (χ2v) is 8.82. The Hall–Kier alpha value is -2.63. The average Bonchev–Trinajstić information content (AvgIpc) is 2.73. The zero-order chi connectivity index (χ0) is 21.4. The van der Waals surface area contributed by atoms with Gasteiger partial charge in [0.2, 0.25) is 0 Å². The highest BCUT2D eigenvalue weighted by Crippen LogP contribution is 2.23. The van der Waals surface area contributed by atoms with Gasteiger partial charge >= 0.3 is 0 Å². The second-order valence-electron chi connectivity index (χ2n) is 7.44. The first kappa shape index (κ1) is 22.1. The van der Waals surface area contributed by atoms with Gasteiger partial charge in [0, 0.05) is 0 Å². The van der Waals surface area contributed by atoms with Crippen molar-refractivity contribution in [1.82, 2.24) is 0 Å². The summed E-state index contributed by atoms with van der Waals surface area (Å²) >= 11 is 0. The van der Waals surface area contributed by atoms with E-state index < -0.39 is 10.1 Å². The van der Waals surface area contributed by atoms with Gasteiger partial charge in [0.05, 0.1) is 11.5 Å². The zero-order valence-electron chi connectivity index (χ0n) is 17.2. The molecule has 0 aliphatic heterocycles. The summed E-state index contributed by atoms with van der Waals surface area (Å²) in [5.74, 6) is 0.863. The number of unbranched alkanes of at least 4 members (excludes halogenated alkanes) is 1. The molecule has 0 saturated heterocycles. The standard InChI is InChI=1S/C25H28O4S/c1-20-14-17-24(30(26,27)28)19-23(20)16-15-22-12-5-6-13-25(22)29-18-8-7-11-21-9-3-2-4-10-21/h2-6,9-10,12-14,17,19H,7-8,11,15-16,18H2,1H3,(H,26,27,28)/p-1. The fourth-order valence-electron chi connectivity index (χ4n) is 3.45. The Labute approximate surface area is 179 Å². The van der Waals surface area contributed by atoms with Gasteiger partial charge in [-0.1, -0.05) is 54.6 Å². The molecule has 0 spiro atoms. The van der Waals surface area contributed by atoms with Crippen LogP contribution in [-0.2, 0) is 29.4 Å². The molecule has 0 aromatic heterocycles. The summed E-state index contributed by atoms with van der Waals surface area (Å²) in [4.78, 5) is -0.175. The zero-order valence-corrected chi connectivity index (χ0v) is 18.0. The van der Waals surface area contributed by atoms with Crippen LogP contribution in [0.1, 0.15) is 35.1 Å². The molecule has 158 valence electrons. The molecule has 0 fully saturated rings. The highest BCUT2D eigenvalue weighted by atomic mass is 32.2.